The average molecular weight is 451 g/mol. The number of nitrogens with zero attached hydrogens (tertiary/aromatic N) is 4. The molecule has 3 aromatic rings. The lowest BCUT2D eigenvalue weighted by Gasteiger charge is -2.11. The monoisotopic (exact) mass is 451 g/mol. The molecular formula is C20H20F3N5O4. The van der Waals surface area contributed by atoms with Gasteiger partial charge in [0.15, 0.2) is 6.61 Å². The van der Waals surface area contributed by atoms with E-state index >= 15 is 0 Å². The van der Waals surface area contributed by atoms with E-state index in [1.807, 2.05) is 0 Å². The number of carbonyl (C=O) groups is 2. The number of aryl methyl sites for hydroxylation is 2. The van der Waals surface area contributed by atoms with Crippen LogP contribution in [-0.2, 0) is 33.5 Å². The lowest BCUT2D eigenvalue weighted by Crippen LogP contribution is -2.20. The maximum absolute atomic E-state index is 12.9. The molecule has 0 aliphatic rings. The Morgan fingerprint density at radius 2 is 1.94 bits per heavy atom. The zero-order valence-corrected chi connectivity index (χ0v) is 17.3. The van der Waals surface area contributed by atoms with E-state index in [2.05, 4.69) is 15.1 Å². The summed E-state index contributed by atoms with van der Waals surface area (Å²) in [6.07, 6.45) is -4.48. The first-order valence-corrected chi connectivity index (χ1v) is 9.50. The Kier molecular flexibility index (Phi) is 6.61. The van der Waals surface area contributed by atoms with E-state index in [1.54, 1.807) is 38.1 Å². The molecule has 0 atom stereocenters. The number of esters is 1. The molecule has 0 unspecified atom stereocenters. The summed E-state index contributed by atoms with van der Waals surface area (Å²) < 4.78 is 50.1. The molecule has 0 saturated carbocycles. The lowest BCUT2D eigenvalue weighted by atomic mass is 10.1. The van der Waals surface area contributed by atoms with E-state index < -0.39 is 23.9 Å². The van der Waals surface area contributed by atoms with Crippen LogP contribution in [0.4, 0.5) is 13.2 Å². The number of rotatable bonds is 8. The Bertz CT molecular complexity index is 1160. The second-order valence-electron chi connectivity index (χ2n) is 6.97. The van der Waals surface area contributed by atoms with E-state index in [-0.39, 0.29) is 31.8 Å². The largest absolute Gasteiger partial charge is 0.484 e. The predicted octanol–water partition coefficient (Wildman–Crippen LogP) is 2.30. The van der Waals surface area contributed by atoms with E-state index in [0.717, 1.165) is 4.52 Å². The van der Waals surface area contributed by atoms with Crippen molar-refractivity contribution in [3.05, 3.63) is 52.6 Å². The van der Waals surface area contributed by atoms with Crippen molar-refractivity contribution in [3.63, 3.8) is 0 Å². The van der Waals surface area contributed by atoms with Crippen LogP contribution in [-0.4, -0.2) is 38.1 Å². The van der Waals surface area contributed by atoms with Crippen molar-refractivity contribution in [3.8, 4) is 5.75 Å². The maximum Gasteiger partial charge on any atom is 0.453 e. The first-order chi connectivity index (χ1) is 15.0. The number of hydrogen-bond acceptors (Lipinski definition) is 7. The molecule has 0 radical (unpaired) electrons. The minimum atomic E-state index is -4.68. The van der Waals surface area contributed by atoms with Crippen molar-refractivity contribution in [2.45, 2.75) is 39.5 Å². The Hall–Kier alpha value is -3.70. The summed E-state index contributed by atoms with van der Waals surface area (Å²) in [5.41, 5.74) is 7.16. The molecule has 170 valence electrons. The standard InChI is InChI=1S/C20H20F3N5O4/c1-11-15(12(2)28-19(25-11)26-18(27-28)20(21,22)23)6-7-17(30)32-9-13-4-3-5-14(8-13)31-10-16(24)29/h3-5,8H,6-7,9-10H2,1-2H3,(H2,24,29). The van der Waals surface area contributed by atoms with E-state index in [4.69, 9.17) is 15.2 Å². The van der Waals surface area contributed by atoms with Gasteiger partial charge in [-0.05, 0) is 43.5 Å². The van der Waals surface area contributed by atoms with Gasteiger partial charge in [-0.15, -0.1) is 5.10 Å². The first kappa shape index (κ1) is 23.0. The zero-order valence-electron chi connectivity index (χ0n) is 17.3. The smallest absolute Gasteiger partial charge is 0.453 e. The second-order valence-corrected chi connectivity index (χ2v) is 6.97. The SMILES string of the molecule is Cc1nc2nc(C(F)(F)F)nn2c(C)c1CCC(=O)OCc1cccc(OCC(N)=O)c1. The van der Waals surface area contributed by atoms with Gasteiger partial charge in [0, 0.05) is 17.8 Å². The minimum Gasteiger partial charge on any atom is -0.484 e. The lowest BCUT2D eigenvalue weighted by molar-refractivity contribution is -0.145. The van der Waals surface area contributed by atoms with Crippen molar-refractivity contribution in [1.29, 1.82) is 0 Å². The van der Waals surface area contributed by atoms with Crippen molar-refractivity contribution >= 4 is 17.7 Å². The summed E-state index contributed by atoms with van der Waals surface area (Å²) in [5, 5.41) is 3.48. The Balaban J connectivity index is 1.62. The van der Waals surface area contributed by atoms with Gasteiger partial charge >= 0.3 is 12.1 Å². The van der Waals surface area contributed by atoms with Crippen LogP contribution in [0.1, 0.15) is 34.8 Å². The Morgan fingerprint density at radius 1 is 1.19 bits per heavy atom. The van der Waals surface area contributed by atoms with Gasteiger partial charge in [-0.1, -0.05) is 12.1 Å². The number of halogens is 3. The third-order valence-electron chi connectivity index (χ3n) is 4.56. The van der Waals surface area contributed by atoms with Crippen LogP contribution in [0.3, 0.4) is 0 Å². The summed E-state index contributed by atoms with van der Waals surface area (Å²) in [6, 6.07) is 6.66. The number of ether oxygens (including phenoxy) is 2. The average Bonchev–Trinajstić information content (AvgIpc) is 3.15. The number of fused-ring (bicyclic) bond motifs is 1. The van der Waals surface area contributed by atoms with Crippen LogP contribution >= 0.6 is 0 Å². The van der Waals surface area contributed by atoms with E-state index in [9.17, 15) is 22.8 Å². The number of benzene rings is 1. The fourth-order valence-corrected chi connectivity index (χ4v) is 3.03. The van der Waals surface area contributed by atoms with Crippen molar-refractivity contribution in [2.75, 3.05) is 6.61 Å². The van der Waals surface area contributed by atoms with Crippen LogP contribution in [0, 0.1) is 13.8 Å². The van der Waals surface area contributed by atoms with Crippen molar-refractivity contribution in [1.82, 2.24) is 19.6 Å². The molecule has 9 nitrogen and oxygen atoms in total. The molecular weight excluding hydrogens is 431 g/mol. The Labute approximate surface area is 180 Å². The van der Waals surface area contributed by atoms with E-state index in [0.29, 0.717) is 28.3 Å². The molecule has 2 N–H and O–H groups in total. The number of hydrogen-bond donors (Lipinski definition) is 1. The van der Waals surface area contributed by atoms with Crippen LogP contribution in [0.15, 0.2) is 24.3 Å². The summed E-state index contributed by atoms with van der Waals surface area (Å²) in [5.74, 6) is -2.13. The van der Waals surface area contributed by atoms with Gasteiger partial charge in [-0.3, -0.25) is 9.59 Å². The molecule has 1 amide bonds. The molecule has 0 spiro atoms. The molecule has 0 aliphatic heterocycles. The number of primary amides is 1. The number of nitrogens with two attached hydrogens (primary N) is 1. The molecule has 3 rings (SSSR count). The van der Waals surface area contributed by atoms with Gasteiger partial charge in [0.25, 0.3) is 17.5 Å². The van der Waals surface area contributed by atoms with Gasteiger partial charge in [0.1, 0.15) is 12.4 Å². The number of amides is 1. The van der Waals surface area contributed by atoms with Gasteiger partial charge in [-0.25, -0.2) is 9.50 Å². The fraction of sp³-hybridized carbons (Fsp3) is 0.350. The third-order valence-corrected chi connectivity index (χ3v) is 4.56. The topological polar surface area (TPSA) is 122 Å². The highest BCUT2D eigenvalue weighted by Gasteiger charge is 2.37. The van der Waals surface area contributed by atoms with Gasteiger partial charge in [0.2, 0.25) is 0 Å². The summed E-state index contributed by atoms with van der Waals surface area (Å²) in [6.45, 7) is 2.94. The first-order valence-electron chi connectivity index (χ1n) is 9.50. The molecule has 0 bridgehead atoms. The van der Waals surface area contributed by atoms with Crippen LogP contribution in [0.25, 0.3) is 5.78 Å². The predicted molar refractivity (Wildman–Crippen MR) is 105 cm³/mol. The second kappa shape index (κ2) is 9.20. The van der Waals surface area contributed by atoms with Crippen molar-refractivity contribution in [2.24, 2.45) is 5.73 Å². The molecule has 1 aromatic carbocycles. The van der Waals surface area contributed by atoms with Crippen LogP contribution in [0.2, 0.25) is 0 Å². The van der Waals surface area contributed by atoms with Gasteiger partial charge in [-0.2, -0.15) is 18.2 Å². The van der Waals surface area contributed by atoms with Crippen molar-refractivity contribution < 1.29 is 32.2 Å². The summed E-state index contributed by atoms with van der Waals surface area (Å²) in [4.78, 5) is 30.5. The highest BCUT2D eigenvalue weighted by atomic mass is 19.4. The normalized spacial score (nSPS) is 11.5. The Morgan fingerprint density at radius 3 is 2.62 bits per heavy atom. The number of aromatic nitrogens is 4. The highest BCUT2D eigenvalue weighted by Crippen LogP contribution is 2.27. The molecule has 0 saturated heterocycles. The fourth-order valence-electron chi connectivity index (χ4n) is 3.03. The third kappa shape index (κ3) is 5.50. The molecule has 12 heteroatoms. The van der Waals surface area contributed by atoms with Gasteiger partial charge in [0.05, 0.1) is 0 Å². The molecule has 0 aliphatic carbocycles. The number of carbonyl (C=O) groups excluding carboxylic acids is 2. The van der Waals surface area contributed by atoms with Crippen LogP contribution < -0.4 is 10.5 Å². The van der Waals surface area contributed by atoms with Gasteiger partial charge < -0.3 is 15.2 Å². The maximum atomic E-state index is 12.9. The summed E-state index contributed by atoms with van der Waals surface area (Å²) >= 11 is 0. The number of alkyl halides is 3. The summed E-state index contributed by atoms with van der Waals surface area (Å²) in [7, 11) is 0. The quantitative estimate of drug-likeness (QED) is 0.522. The minimum absolute atomic E-state index is 0.00639. The highest BCUT2D eigenvalue weighted by molar-refractivity contribution is 5.75. The molecule has 0 fully saturated rings. The molecule has 2 heterocycles. The van der Waals surface area contributed by atoms with Crippen LogP contribution in [0.5, 0.6) is 5.75 Å². The zero-order chi connectivity index (χ0) is 23.5. The van der Waals surface area contributed by atoms with E-state index in [1.165, 1.54) is 0 Å². The molecule has 2 aromatic heterocycles. The molecule has 32 heavy (non-hydrogen) atoms.